The van der Waals surface area contributed by atoms with Crippen LogP contribution in [-0.4, -0.2) is 23.7 Å². The van der Waals surface area contributed by atoms with Gasteiger partial charge >= 0.3 is 12.6 Å². The second-order valence-corrected chi connectivity index (χ2v) is 4.01. The van der Waals surface area contributed by atoms with Gasteiger partial charge in [-0.2, -0.15) is 8.78 Å². The number of carboxylic acid groups (broad SMARTS) is 1. The minimum atomic E-state index is -2.99. The summed E-state index contributed by atoms with van der Waals surface area (Å²) in [7, 11) is 0. The average molecular weight is 259 g/mol. The Labute approximate surface area is 104 Å². The molecule has 0 amide bonds. The predicted octanol–water partition coefficient (Wildman–Crippen LogP) is 2.41. The van der Waals surface area contributed by atoms with Gasteiger partial charge in [-0.05, 0) is 19.9 Å². The van der Waals surface area contributed by atoms with Gasteiger partial charge in [-0.1, -0.05) is 18.2 Å². The van der Waals surface area contributed by atoms with Crippen molar-refractivity contribution in [3.05, 3.63) is 29.8 Å². The third kappa shape index (κ3) is 3.96. The van der Waals surface area contributed by atoms with Crippen LogP contribution in [0.4, 0.5) is 8.78 Å². The van der Waals surface area contributed by atoms with Crippen molar-refractivity contribution in [1.82, 2.24) is 5.32 Å². The van der Waals surface area contributed by atoms with Crippen molar-refractivity contribution in [2.75, 3.05) is 0 Å². The summed E-state index contributed by atoms with van der Waals surface area (Å²) >= 11 is 0. The third-order valence-corrected chi connectivity index (χ3v) is 2.19. The number of alkyl halides is 2. The van der Waals surface area contributed by atoms with Gasteiger partial charge in [0.15, 0.2) is 0 Å². The number of hydrogen-bond acceptors (Lipinski definition) is 3. The number of benzene rings is 1. The topological polar surface area (TPSA) is 58.6 Å². The first-order chi connectivity index (χ1) is 8.41. The lowest BCUT2D eigenvalue weighted by molar-refractivity contribution is -0.140. The fraction of sp³-hybridized carbons (Fsp3) is 0.417. The largest absolute Gasteiger partial charge is 0.480 e. The summed E-state index contributed by atoms with van der Waals surface area (Å²) in [5.41, 5.74) is 0.180. The van der Waals surface area contributed by atoms with Gasteiger partial charge in [0.2, 0.25) is 0 Å². The van der Waals surface area contributed by atoms with E-state index in [1.54, 1.807) is 19.9 Å². The molecule has 0 saturated heterocycles. The molecule has 0 radical (unpaired) electrons. The van der Waals surface area contributed by atoms with Crippen LogP contribution in [0.25, 0.3) is 0 Å². The molecule has 0 fully saturated rings. The van der Waals surface area contributed by atoms with Crippen LogP contribution in [-0.2, 0) is 4.79 Å². The summed E-state index contributed by atoms with van der Waals surface area (Å²) < 4.78 is 28.8. The fourth-order valence-electron chi connectivity index (χ4n) is 1.55. The number of rotatable bonds is 6. The maximum Gasteiger partial charge on any atom is 0.387 e. The summed E-state index contributed by atoms with van der Waals surface area (Å²) in [4.78, 5) is 11.2. The molecule has 1 aromatic carbocycles. The lowest BCUT2D eigenvalue weighted by Crippen LogP contribution is -2.34. The SMILES string of the molecule is CC(C)NC(C(=O)O)c1ccccc1OC(F)F. The molecule has 0 aliphatic rings. The molecule has 100 valence electrons. The number of ether oxygens (including phenoxy) is 1. The fourth-order valence-corrected chi connectivity index (χ4v) is 1.55. The van der Waals surface area contributed by atoms with Gasteiger partial charge < -0.3 is 9.84 Å². The van der Waals surface area contributed by atoms with E-state index in [1.165, 1.54) is 18.2 Å². The molecule has 0 heterocycles. The Morgan fingerprint density at radius 3 is 2.44 bits per heavy atom. The van der Waals surface area contributed by atoms with E-state index in [4.69, 9.17) is 5.11 Å². The van der Waals surface area contributed by atoms with E-state index in [0.29, 0.717) is 0 Å². The van der Waals surface area contributed by atoms with E-state index in [9.17, 15) is 13.6 Å². The van der Waals surface area contributed by atoms with Crippen LogP contribution < -0.4 is 10.1 Å². The van der Waals surface area contributed by atoms with Gasteiger partial charge in [0.25, 0.3) is 0 Å². The number of nitrogens with one attached hydrogen (secondary N) is 1. The number of hydrogen-bond donors (Lipinski definition) is 2. The second-order valence-electron chi connectivity index (χ2n) is 4.01. The van der Waals surface area contributed by atoms with Crippen molar-refractivity contribution in [1.29, 1.82) is 0 Å². The second kappa shape index (κ2) is 6.30. The highest BCUT2D eigenvalue weighted by molar-refractivity contribution is 5.76. The van der Waals surface area contributed by atoms with E-state index in [0.717, 1.165) is 0 Å². The maximum absolute atomic E-state index is 12.2. The molecule has 18 heavy (non-hydrogen) atoms. The zero-order valence-corrected chi connectivity index (χ0v) is 10.1. The summed E-state index contributed by atoms with van der Waals surface area (Å²) in [5, 5.41) is 11.9. The van der Waals surface area contributed by atoms with Crippen LogP contribution in [0.1, 0.15) is 25.5 Å². The van der Waals surface area contributed by atoms with E-state index in [-0.39, 0.29) is 17.4 Å². The molecule has 6 heteroatoms. The maximum atomic E-state index is 12.2. The molecule has 0 spiro atoms. The molecule has 1 unspecified atom stereocenters. The number of carbonyl (C=O) groups is 1. The highest BCUT2D eigenvalue weighted by Gasteiger charge is 2.24. The molecule has 0 bridgehead atoms. The Bertz CT molecular complexity index is 410. The van der Waals surface area contributed by atoms with Gasteiger partial charge in [-0.3, -0.25) is 10.1 Å². The first-order valence-corrected chi connectivity index (χ1v) is 5.44. The van der Waals surface area contributed by atoms with Crippen molar-refractivity contribution in [3.63, 3.8) is 0 Å². The number of carboxylic acids is 1. The minimum absolute atomic E-state index is 0.106. The van der Waals surface area contributed by atoms with E-state index in [1.807, 2.05) is 0 Å². The van der Waals surface area contributed by atoms with Crippen molar-refractivity contribution in [2.45, 2.75) is 32.5 Å². The predicted molar refractivity (Wildman–Crippen MR) is 61.7 cm³/mol. The molecule has 0 aliphatic heterocycles. The molecule has 2 N–H and O–H groups in total. The van der Waals surface area contributed by atoms with Gasteiger partial charge in [-0.15, -0.1) is 0 Å². The first-order valence-electron chi connectivity index (χ1n) is 5.44. The smallest absolute Gasteiger partial charge is 0.387 e. The summed E-state index contributed by atoms with van der Waals surface area (Å²) in [5.74, 6) is -1.28. The van der Waals surface area contributed by atoms with Crippen LogP contribution in [0, 0.1) is 0 Å². The van der Waals surface area contributed by atoms with Crippen LogP contribution in [0.15, 0.2) is 24.3 Å². The Morgan fingerprint density at radius 1 is 1.33 bits per heavy atom. The summed E-state index contributed by atoms with van der Waals surface area (Å²) in [6.45, 7) is 0.554. The third-order valence-electron chi connectivity index (χ3n) is 2.19. The molecule has 0 saturated carbocycles. The van der Waals surface area contributed by atoms with Crippen molar-refractivity contribution in [3.8, 4) is 5.75 Å². The Kier molecular flexibility index (Phi) is 5.03. The number of aliphatic carboxylic acids is 1. The van der Waals surface area contributed by atoms with E-state index >= 15 is 0 Å². The van der Waals surface area contributed by atoms with Gasteiger partial charge in [-0.25, -0.2) is 0 Å². The highest BCUT2D eigenvalue weighted by Crippen LogP contribution is 2.27. The quantitative estimate of drug-likeness (QED) is 0.823. The van der Waals surface area contributed by atoms with Gasteiger partial charge in [0.05, 0.1) is 0 Å². The molecule has 1 atom stereocenters. The first kappa shape index (κ1) is 14.4. The Balaban J connectivity index is 3.07. The number of para-hydroxylation sites is 1. The van der Waals surface area contributed by atoms with E-state index in [2.05, 4.69) is 10.1 Å². The summed E-state index contributed by atoms with van der Waals surface area (Å²) in [6.07, 6.45) is 0. The monoisotopic (exact) mass is 259 g/mol. The summed E-state index contributed by atoms with van der Waals surface area (Å²) in [6, 6.07) is 4.66. The van der Waals surface area contributed by atoms with Crippen molar-refractivity contribution >= 4 is 5.97 Å². The molecule has 1 aromatic rings. The van der Waals surface area contributed by atoms with Crippen LogP contribution >= 0.6 is 0 Å². The Morgan fingerprint density at radius 2 is 1.94 bits per heavy atom. The van der Waals surface area contributed by atoms with Crippen LogP contribution in [0.2, 0.25) is 0 Å². The highest BCUT2D eigenvalue weighted by atomic mass is 19.3. The van der Waals surface area contributed by atoms with Crippen LogP contribution in [0.5, 0.6) is 5.75 Å². The zero-order chi connectivity index (χ0) is 13.7. The normalized spacial score (nSPS) is 12.8. The molecular weight excluding hydrogens is 244 g/mol. The Hall–Kier alpha value is -1.69. The standard InChI is InChI=1S/C12H15F2NO3/c1-7(2)15-10(11(16)17)8-5-3-4-6-9(8)18-12(13)14/h3-7,10,12,15H,1-2H3,(H,16,17). The lowest BCUT2D eigenvalue weighted by Gasteiger charge is -2.20. The lowest BCUT2D eigenvalue weighted by atomic mass is 10.1. The van der Waals surface area contributed by atoms with Crippen molar-refractivity contribution in [2.24, 2.45) is 0 Å². The van der Waals surface area contributed by atoms with E-state index < -0.39 is 18.6 Å². The molecule has 1 rings (SSSR count). The number of halogens is 2. The average Bonchev–Trinajstić information content (AvgIpc) is 2.25. The zero-order valence-electron chi connectivity index (χ0n) is 10.1. The van der Waals surface area contributed by atoms with Crippen molar-refractivity contribution < 1.29 is 23.4 Å². The van der Waals surface area contributed by atoms with Gasteiger partial charge in [0, 0.05) is 11.6 Å². The van der Waals surface area contributed by atoms with Crippen LogP contribution in [0.3, 0.4) is 0 Å². The van der Waals surface area contributed by atoms with Gasteiger partial charge in [0.1, 0.15) is 11.8 Å². The molecule has 0 aromatic heterocycles. The molecule has 0 aliphatic carbocycles. The minimum Gasteiger partial charge on any atom is -0.480 e. The molecule has 4 nitrogen and oxygen atoms in total. The molecular formula is C12H15F2NO3.